The van der Waals surface area contributed by atoms with E-state index in [1.807, 2.05) is 13.8 Å². The Bertz CT molecular complexity index is 701. The highest BCUT2D eigenvalue weighted by atomic mass is 35.5. The van der Waals surface area contributed by atoms with Crippen LogP contribution in [0.3, 0.4) is 0 Å². The monoisotopic (exact) mass is 388 g/mol. The largest absolute Gasteiger partial charge is 0.482 e. The molecule has 1 saturated heterocycles. The minimum atomic E-state index is -3.54. The maximum atomic E-state index is 12.6. The van der Waals surface area contributed by atoms with Crippen LogP contribution in [0.1, 0.15) is 33.1 Å². The molecule has 1 N–H and O–H groups in total. The SMILES string of the molecule is CC(C)CNC(=O)COc1ccc(S(=O)(=O)N2CCCCC2)cc1Cl. The Kier molecular flexibility index (Phi) is 7.10. The van der Waals surface area contributed by atoms with Gasteiger partial charge in [0.05, 0.1) is 9.92 Å². The van der Waals surface area contributed by atoms with Gasteiger partial charge in [-0.15, -0.1) is 0 Å². The molecule has 0 atom stereocenters. The van der Waals surface area contributed by atoms with E-state index in [4.69, 9.17) is 16.3 Å². The Morgan fingerprint density at radius 3 is 2.56 bits per heavy atom. The number of sulfonamides is 1. The van der Waals surface area contributed by atoms with Crippen molar-refractivity contribution in [2.45, 2.75) is 38.0 Å². The van der Waals surface area contributed by atoms with Crippen LogP contribution < -0.4 is 10.1 Å². The van der Waals surface area contributed by atoms with Gasteiger partial charge in [0.25, 0.3) is 5.91 Å². The molecule has 2 rings (SSSR count). The number of hydrogen-bond donors (Lipinski definition) is 1. The summed E-state index contributed by atoms with van der Waals surface area (Å²) in [5.74, 6) is 0.403. The molecule has 25 heavy (non-hydrogen) atoms. The predicted octanol–water partition coefficient (Wildman–Crippen LogP) is 2.67. The second kappa shape index (κ2) is 8.87. The quantitative estimate of drug-likeness (QED) is 0.779. The molecule has 1 aliphatic rings. The zero-order chi connectivity index (χ0) is 18.4. The van der Waals surface area contributed by atoms with Crippen LogP contribution in [-0.4, -0.2) is 44.9 Å². The Hall–Kier alpha value is -1.31. The van der Waals surface area contributed by atoms with Crippen molar-refractivity contribution in [3.8, 4) is 5.75 Å². The summed E-state index contributed by atoms with van der Waals surface area (Å²) in [6, 6.07) is 4.35. The van der Waals surface area contributed by atoms with Crippen molar-refractivity contribution in [2.75, 3.05) is 26.2 Å². The molecule has 1 aromatic rings. The predicted molar refractivity (Wildman–Crippen MR) is 97.4 cm³/mol. The van der Waals surface area contributed by atoms with E-state index in [9.17, 15) is 13.2 Å². The summed E-state index contributed by atoms with van der Waals surface area (Å²) >= 11 is 6.15. The van der Waals surface area contributed by atoms with Gasteiger partial charge in [0.15, 0.2) is 6.61 Å². The Morgan fingerprint density at radius 2 is 1.96 bits per heavy atom. The lowest BCUT2D eigenvalue weighted by Gasteiger charge is -2.26. The molecule has 8 heteroatoms. The Morgan fingerprint density at radius 1 is 1.28 bits per heavy atom. The van der Waals surface area contributed by atoms with Crippen molar-refractivity contribution < 1.29 is 17.9 Å². The fourth-order valence-corrected chi connectivity index (χ4v) is 4.37. The molecule has 0 spiro atoms. The first kappa shape index (κ1) is 20.0. The molecule has 1 amide bonds. The van der Waals surface area contributed by atoms with Crippen molar-refractivity contribution in [1.29, 1.82) is 0 Å². The maximum absolute atomic E-state index is 12.6. The second-order valence-electron chi connectivity index (χ2n) is 6.54. The zero-order valence-electron chi connectivity index (χ0n) is 14.6. The molecule has 0 aromatic heterocycles. The van der Waals surface area contributed by atoms with Crippen molar-refractivity contribution in [2.24, 2.45) is 5.92 Å². The van der Waals surface area contributed by atoms with Crippen LogP contribution in [0.2, 0.25) is 5.02 Å². The highest BCUT2D eigenvalue weighted by Crippen LogP contribution is 2.29. The van der Waals surface area contributed by atoms with Gasteiger partial charge in [-0.25, -0.2) is 8.42 Å². The lowest BCUT2D eigenvalue weighted by atomic mass is 10.2. The third-order valence-electron chi connectivity index (χ3n) is 3.92. The first-order valence-electron chi connectivity index (χ1n) is 8.50. The van der Waals surface area contributed by atoms with E-state index >= 15 is 0 Å². The van der Waals surface area contributed by atoms with Gasteiger partial charge in [-0.05, 0) is 37.0 Å². The van der Waals surface area contributed by atoms with E-state index in [0.717, 1.165) is 19.3 Å². The van der Waals surface area contributed by atoms with Crippen LogP contribution in [0.25, 0.3) is 0 Å². The molecule has 0 saturated carbocycles. The number of ether oxygens (including phenoxy) is 1. The summed E-state index contributed by atoms with van der Waals surface area (Å²) in [6.45, 7) is 5.48. The Labute approximate surface area is 154 Å². The fourth-order valence-electron chi connectivity index (χ4n) is 2.53. The first-order chi connectivity index (χ1) is 11.8. The maximum Gasteiger partial charge on any atom is 0.257 e. The molecule has 0 radical (unpaired) electrons. The van der Waals surface area contributed by atoms with Crippen LogP contribution in [0, 0.1) is 5.92 Å². The summed E-state index contributed by atoms with van der Waals surface area (Å²) in [5, 5.41) is 2.92. The van der Waals surface area contributed by atoms with Crippen LogP contribution in [0.15, 0.2) is 23.1 Å². The number of carbonyl (C=O) groups excluding carboxylic acids is 1. The van der Waals surface area contributed by atoms with Gasteiger partial charge in [-0.1, -0.05) is 31.9 Å². The molecule has 0 unspecified atom stereocenters. The van der Waals surface area contributed by atoms with Gasteiger partial charge in [0.2, 0.25) is 10.0 Å². The van der Waals surface area contributed by atoms with E-state index in [-0.39, 0.29) is 22.4 Å². The van der Waals surface area contributed by atoms with Crippen molar-refractivity contribution >= 4 is 27.5 Å². The van der Waals surface area contributed by atoms with E-state index < -0.39 is 10.0 Å². The standard InChI is InChI=1S/C17H25ClN2O4S/c1-13(2)11-19-17(21)12-24-16-7-6-14(10-15(16)18)25(22,23)20-8-4-3-5-9-20/h6-7,10,13H,3-5,8-9,11-12H2,1-2H3,(H,19,21). The van der Waals surface area contributed by atoms with Gasteiger partial charge < -0.3 is 10.1 Å². The number of carbonyl (C=O) groups is 1. The molecular weight excluding hydrogens is 364 g/mol. The number of piperidine rings is 1. The number of rotatable bonds is 7. The van der Waals surface area contributed by atoms with Crippen LogP contribution in [0.5, 0.6) is 5.75 Å². The Balaban J connectivity index is 2.01. The van der Waals surface area contributed by atoms with Crippen LogP contribution >= 0.6 is 11.6 Å². The van der Waals surface area contributed by atoms with Crippen LogP contribution in [-0.2, 0) is 14.8 Å². The highest BCUT2D eigenvalue weighted by Gasteiger charge is 2.26. The number of hydrogen-bond acceptors (Lipinski definition) is 4. The zero-order valence-corrected chi connectivity index (χ0v) is 16.2. The first-order valence-corrected chi connectivity index (χ1v) is 10.3. The number of nitrogens with one attached hydrogen (secondary N) is 1. The normalized spacial score (nSPS) is 16.0. The molecule has 140 valence electrons. The molecule has 1 heterocycles. The van der Waals surface area contributed by atoms with Crippen molar-refractivity contribution in [3.63, 3.8) is 0 Å². The highest BCUT2D eigenvalue weighted by molar-refractivity contribution is 7.89. The summed E-state index contributed by atoms with van der Waals surface area (Å²) in [6.07, 6.45) is 2.80. The molecule has 0 bridgehead atoms. The summed E-state index contributed by atoms with van der Waals surface area (Å²) in [4.78, 5) is 11.8. The minimum Gasteiger partial charge on any atom is -0.482 e. The lowest BCUT2D eigenvalue weighted by Crippen LogP contribution is -2.35. The summed E-state index contributed by atoms with van der Waals surface area (Å²) < 4.78 is 32.1. The number of amides is 1. The minimum absolute atomic E-state index is 0.149. The number of nitrogens with zero attached hydrogens (tertiary/aromatic N) is 1. The molecule has 6 nitrogen and oxygen atoms in total. The summed E-state index contributed by atoms with van der Waals surface area (Å²) in [7, 11) is -3.54. The van der Waals surface area contributed by atoms with E-state index in [0.29, 0.717) is 31.3 Å². The summed E-state index contributed by atoms with van der Waals surface area (Å²) in [5.41, 5.74) is 0. The number of benzene rings is 1. The van der Waals surface area contributed by atoms with Gasteiger partial charge in [-0.3, -0.25) is 4.79 Å². The smallest absolute Gasteiger partial charge is 0.257 e. The van der Waals surface area contributed by atoms with Gasteiger partial charge in [0.1, 0.15) is 5.75 Å². The molecule has 1 aromatic carbocycles. The molecule has 1 fully saturated rings. The number of halogens is 1. The average Bonchev–Trinajstić information content (AvgIpc) is 2.59. The van der Waals surface area contributed by atoms with Gasteiger partial charge >= 0.3 is 0 Å². The molecule has 1 aliphatic heterocycles. The third-order valence-corrected chi connectivity index (χ3v) is 6.11. The van der Waals surface area contributed by atoms with E-state index in [1.54, 1.807) is 0 Å². The second-order valence-corrected chi connectivity index (χ2v) is 8.89. The van der Waals surface area contributed by atoms with Gasteiger partial charge in [-0.2, -0.15) is 4.31 Å². The van der Waals surface area contributed by atoms with E-state index in [1.165, 1.54) is 22.5 Å². The van der Waals surface area contributed by atoms with E-state index in [2.05, 4.69) is 5.32 Å². The average molecular weight is 389 g/mol. The molecular formula is C17H25ClN2O4S. The van der Waals surface area contributed by atoms with Crippen LogP contribution in [0.4, 0.5) is 0 Å². The fraction of sp³-hybridized carbons (Fsp3) is 0.588. The van der Waals surface area contributed by atoms with Crippen molar-refractivity contribution in [3.05, 3.63) is 23.2 Å². The topological polar surface area (TPSA) is 75.7 Å². The third kappa shape index (κ3) is 5.59. The van der Waals surface area contributed by atoms with Gasteiger partial charge in [0, 0.05) is 19.6 Å². The molecule has 0 aliphatic carbocycles. The van der Waals surface area contributed by atoms with Crippen molar-refractivity contribution in [1.82, 2.24) is 9.62 Å². The lowest BCUT2D eigenvalue weighted by molar-refractivity contribution is -0.123.